The number of alkyl carbamates (subject to hydrolysis) is 1. The predicted octanol–water partition coefficient (Wildman–Crippen LogP) is 2.10. The number of hydrogen-bond donors (Lipinski definition) is 1. The molecule has 14 heavy (non-hydrogen) atoms. The Morgan fingerprint density at radius 1 is 1.43 bits per heavy atom. The minimum atomic E-state index is -0.313. The molecule has 1 fully saturated rings. The Balaban J connectivity index is 1.97. The Morgan fingerprint density at radius 3 is 2.71 bits per heavy atom. The summed E-state index contributed by atoms with van der Waals surface area (Å²) >= 11 is 3.37. The molecule has 1 atom stereocenters. The summed E-state index contributed by atoms with van der Waals surface area (Å²) < 4.78 is 5.87. The van der Waals surface area contributed by atoms with Gasteiger partial charge in [0.05, 0.1) is 6.04 Å². The van der Waals surface area contributed by atoms with Gasteiger partial charge in [0.2, 0.25) is 0 Å². The third-order valence-electron chi connectivity index (χ3n) is 2.13. The highest BCUT2D eigenvalue weighted by Crippen LogP contribution is 2.13. The lowest BCUT2D eigenvalue weighted by atomic mass is 10.1. The number of ether oxygens (including phenoxy) is 1. The van der Waals surface area contributed by atoms with Crippen molar-refractivity contribution in [2.45, 2.75) is 12.5 Å². The summed E-state index contributed by atoms with van der Waals surface area (Å²) in [5, 5.41) is 2.74. The van der Waals surface area contributed by atoms with E-state index < -0.39 is 0 Å². The average Bonchev–Trinajstić information content (AvgIpc) is 2.56. The van der Waals surface area contributed by atoms with Gasteiger partial charge >= 0.3 is 6.09 Å². The average molecular weight is 256 g/mol. The molecular formula is C10H10BrNO2. The van der Waals surface area contributed by atoms with Crippen molar-refractivity contribution in [3.05, 3.63) is 34.3 Å². The number of cyclic esters (lactones) is 1. The van der Waals surface area contributed by atoms with Crippen molar-refractivity contribution in [2.75, 3.05) is 6.61 Å². The fraction of sp³-hybridized carbons (Fsp3) is 0.300. The van der Waals surface area contributed by atoms with Crippen molar-refractivity contribution in [3.63, 3.8) is 0 Å². The fourth-order valence-electron chi connectivity index (χ4n) is 1.44. The number of carbonyl (C=O) groups is 1. The van der Waals surface area contributed by atoms with Gasteiger partial charge < -0.3 is 10.1 Å². The molecule has 1 amide bonds. The van der Waals surface area contributed by atoms with E-state index >= 15 is 0 Å². The van der Waals surface area contributed by atoms with Gasteiger partial charge in [-0.3, -0.25) is 0 Å². The van der Waals surface area contributed by atoms with Gasteiger partial charge in [-0.25, -0.2) is 4.79 Å². The van der Waals surface area contributed by atoms with E-state index in [4.69, 9.17) is 4.74 Å². The van der Waals surface area contributed by atoms with Crippen LogP contribution in [-0.2, 0) is 11.2 Å². The van der Waals surface area contributed by atoms with Crippen molar-refractivity contribution in [1.29, 1.82) is 0 Å². The van der Waals surface area contributed by atoms with Crippen LogP contribution in [0.2, 0.25) is 0 Å². The number of benzene rings is 1. The first kappa shape index (κ1) is 9.52. The summed E-state index contributed by atoms with van der Waals surface area (Å²) in [7, 11) is 0. The number of amides is 1. The Bertz CT molecular complexity index is 336. The van der Waals surface area contributed by atoms with Gasteiger partial charge in [0.15, 0.2) is 0 Å². The zero-order valence-electron chi connectivity index (χ0n) is 7.50. The van der Waals surface area contributed by atoms with E-state index in [0.29, 0.717) is 6.61 Å². The summed E-state index contributed by atoms with van der Waals surface area (Å²) in [4.78, 5) is 10.8. The maximum Gasteiger partial charge on any atom is 0.407 e. The Kier molecular flexibility index (Phi) is 2.72. The third kappa shape index (κ3) is 2.26. The monoisotopic (exact) mass is 255 g/mol. The molecule has 0 bridgehead atoms. The molecule has 2 rings (SSSR count). The zero-order chi connectivity index (χ0) is 9.97. The standard InChI is InChI=1S/C10H10BrNO2/c11-8-3-1-7(2-4-8)5-9-6-14-10(13)12-9/h1-4,9H,5-6H2,(H,12,13)/t9-/m0/s1. The first-order valence-electron chi connectivity index (χ1n) is 4.42. The molecular weight excluding hydrogens is 246 g/mol. The Hall–Kier alpha value is -1.03. The smallest absolute Gasteiger partial charge is 0.407 e. The molecule has 0 aromatic heterocycles. The number of halogens is 1. The molecule has 1 aromatic carbocycles. The van der Waals surface area contributed by atoms with E-state index in [0.717, 1.165) is 10.9 Å². The van der Waals surface area contributed by atoms with Crippen LogP contribution in [0.15, 0.2) is 28.7 Å². The van der Waals surface area contributed by atoms with Crippen molar-refractivity contribution < 1.29 is 9.53 Å². The molecule has 0 saturated carbocycles. The molecule has 1 N–H and O–H groups in total. The van der Waals surface area contributed by atoms with Gasteiger partial charge in [-0.1, -0.05) is 28.1 Å². The van der Waals surface area contributed by atoms with Crippen LogP contribution in [0.1, 0.15) is 5.56 Å². The topological polar surface area (TPSA) is 38.3 Å². The molecule has 3 nitrogen and oxygen atoms in total. The van der Waals surface area contributed by atoms with Crippen LogP contribution < -0.4 is 5.32 Å². The SMILES string of the molecule is O=C1N[C@@H](Cc2ccc(Br)cc2)CO1. The van der Waals surface area contributed by atoms with Crippen LogP contribution in [0, 0.1) is 0 Å². The molecule has 0 aliphatic carbocycles. The lowest BCUT2D eigenvalue weighted by Gasteiger charge is -2.06. The maximum absolute atomic E-state index is 10.8. The summed E-state index contributed by atoms with van der Waals surface area (Å²) in [6.07, 6.45) is 0.506. The normalized spacial score (nSPS) is 20.4. The minimum Gasteiger partial charge on any atom is -0.447 e. The summed E-state index contributed by atoms with van der Waals surface area (Å²) in [6.45, 7) is 0.467. The van der Waals surface area contributed by atoms with Crippen LogP contribution in [0.25, 0.3) is 0 Å². The van der Waals surface area contributed by atoms with Gasteiger partial charge in [0.25, 0.3) is 0 Å². The first-order valence-corrected chi connectivity index (χ1v) is 5.21. The summed E-state index contributed by atoms with van der Waals surface area (Å²) in [5.41, 5.74) is 1.20. The van der Waals surface area contributed by atoms with Gasteiger partial charge in [0, 0.05) is 4.47 Å². The molecule has 1 saturated heterocycles. The minimum absolute atomic E-state index is 0.115. The van der Waals surface area contributed by atoms with Gasteiger partial charge in [-0.05, 0) is 24.1 Å². The van der Waals surface area contributed by atoms with Gasteiger partial charge in [0.1, 0.15) is 6.61 Å². The van der Waals surface area contributed by atoms with Gasteiger partial charge in [-0.15, -0.1) is 0 Å². The van der Waals surface area contributed by atoms with Crippen LogP contribution in [0.5, 0.6) is 0 Å². The summed E-state index contributed by atoms with van der Waals surface area (Å²) in [5.74, 6) is 0. The third-order valence-corrected chi connectivity index (χ3v) is 2.66. The van der Waals surface area contributed by atoms with Crippen molar-refractivity contribution >= 4 is 22.0 Å². The molecule has 1 heterocycles. The van der Waals surface area contributed by atoms with Crippen molar-refractivity contribution in [2.24, 2.45) is 0 Å². The molecule has 0 radical (unpaired) electrons. The lowest BCUT2D eigenvalue weighted by molar-refractivity contribution is 0.177. The van der Waals surface area contributed by atoms with E-state index in [1.54, 1.807) is 0 Å². The van der Waals surface area contributed by atoms with Crippen molar-refractivity contribution in [1.82, 2.24) is 5.32 Å². The molecule has 4 heteroatoms. The van der Waals surface area contributed by atoms with Crippen LogP contribution in [-0.4, -0.2) is 18.7 Å². The van der Waals surface area contributed by atoms with E-state index in [1.807, 2.05) is 24.3 Å². The first-order chi connectivity index (χ1) is 6.74. The van der Waals surface area contributed by atoms with E-state index in [-0.39, 0.29) is 12.1 Å². The van der Waals surface area contributed by atoms with Crippen LogP contribution >= 0.6 is 15.9 Å². The molecule has 0 spiro atoms. The molecule has 74 valence electrons. The van der Waals surface area contributed by atoms with E-state index in [9.17, 15) is 4.79 Å². The second-order valence-electron chi connectivity index (χ2n) is 3.27. The highest BCUT2D eigenvalue weighted by Gasteiger charge is 2.21. The number of hydrogen-bond acceptors (Lipinski definition) is 2. The molecule has 1 aliphatic heterocycles. The van der Waals surface area contributed by atoms with Gasteiger partial charge in [-0.2, -0.15) is 0 Å². The second-order valence-corrected chi connectivity index (χ2v) is 4.19. The Morgan fingerprint density at radius 2 is 2.14 bits per heavy atom. The lowest BCUT2D eigenvalue weighted by Crippen LogP contribution is -2.28. The van der Waals surface area contributed by atoms with E-state index in [1.165, 1.54) is 5.56 Å². The Labute approximate surface area is 90.6 Å². The molecule has 1 aliphatic rings. The highest BCUT2D eigenvalue weighted by atomic mass is 79.9. The van der Waals surface area contributed by atoms with Crippen LogP contribution in [0.4, 0.5) is 4.79 Å². The van der Waals surface area contributed by atoms with Crippen molar-refractivity contribution in [3.8, 4) is 0 Å². The van der Waals surface area contributed by atoms with E-state index in [2.05, 4.69) is 21.2 Å². The molecule has 0 unspecified atom stereocenters. The second kappa shape index (κ2) is 4.00. The summed E-state index contributed by atoms with van der Waals surface area (Å²) in [6, 6.07) is 8.17. The zero-order valence-corrected chi connectivity index (χ0v) is 9.08. The predicted molar refractivity (Wildman–Crippen MR) is 56.1 cm³/mol. The largest absolute Gasteiger partial charge is 0.447 e. The fourth-order valence-corrected chi connectivity index (χ4v) is 1.71. The van der Waals surface area contributed by atoms with Crippen LogP contribution in [0.3, 0.4) is 0 Å². The highest BCUT2D eigenvalue weighted by molar-refractivity contribution is 9.10. The molecule has 1 aromatic rings. The quantitative estimate of drug-likeness (QED) is 0.879. The maximum atomic E-state index is 10.8. The number of carbonyl (C=O) groups excluding carboxylic acids is 1. The number of nitrogens with one attached hydrogen (secondary N) is 1. The number of rotatable bonds is 2.